The predicted octanol–water partition coefficient (Wildman–Crippen LogP) is 11.4. The predicted molar refractivity (Wildman–Crippen MR) is 203 cm³/mol. The standard InChI is InChI=1S/C46H30N4/c47-31-32-24-39(27-40(25-32)43-29-41(33-14-5-1-6-15-33)28-42(30-43)34-16-7-2-8-17-34)37-22-13-23-38(26-37)46-49-44(35-18-9-3-10-19-35)48-45(50-46)36-20-11-4-12-21-36/h1-30H. The zero-order chi connectivity index (χ0) is 33.7. The first-order valence-corrected chi connectivity index (χ1v) is 16.5. The van der Waals surface area contributed by atoms with Crippen LogP contribution >= 0.6 is 0 Å². The zero-order valence-corrected chi connectivity index (χ0v) is 27.1. The van der Waals surface area contributed by atoms with Crippen LogP contribution in [-0.4, -0.2) is 15.0 Å². The van der Waals surface area contributed by atoms with E-state index in [0.29, 0.717) is 23.0 Å². The minimum Gasteiger partial charge on any atom is -0.208 e. The van der Waals surface area contributed by atoms with Gasteiger partial charge < -0.3 is 0 Å². The maximum atomic E-state index is 10.2. The normalized spacial score (nSPS) is 10.8. The van der Waals surface area contributed by atoms with Gasteiger partial charge in [-0.1, -0.05) is 140 Å². The highest BCUT2D eigenvalue weighted by Crippen LogP contribution is 2.36. The first-order chi connectivity index (χ1) is 24.7. The van der Waals surface area contributed by atoms with Crippen LogP contribution in [0.3, 0.4) is 0 Å². The number of nitrogens with zero attached hydrogens (tertiary/aromatic N) is 4. The Morgan fingerprint density at radius 1 is 0.280 bits per heavy atom. The summed E-state index contributed by atoms with van der Waals surface area (Å²) >= 11 is 0. The molecular formula is C46H30N4. The van der Waals surface area contributed by atoms with Crippen molar-refractivity contribution in [1.82, 2.24) is 15.0 Å². The van der Waals surface area contributed by atoms with Gasteiger partial charge in [0, 0.05) is 16.7 Å². The molecule has 7 aromatic carbocycles. The molecule has 0 N–H and O–H groups in total. The quantitative estimate of drug-likeness (QED) is 0.174. The third-order valence-corrected chi connectivity index (χ3v) is 8.70. The van der Waals surface area contributed by atoms with Crippen LogP contribution in [0.5, 0.6) is 0 Å². The molecule has 8 aromatic rings. The number of benzene rings is 7. The molecule has 0 aliphatic carbocycles. The lowest BCUT2D eigenvalue weighted by molar-refractivity contribution is 1.07. The molecule has 8 rings (SSSR count). The van der Waals surface area contributed by atoms with Crippen molar-refractivity contribution in [3.63, 3.8) is 0 Å². The van der Waals surface area contributed by atoms with Crippen molar-refractivity contribution in [1.29, 1.82) is 5.26 Å². The molecule has 0 fully saturated rings. The van der Waals surface area contributed by atoms with E-state index in [2.05, 4.69) is 91.0 Å². The molecule has 4 nitrogen and oxygen atoms in total. The smallest absolute Gasteiger partial charge is 0.164 e. The molecule has 0 radical (unpaired) electrons. The van der Waals surface area contributed by atoms with Gasteiger partial charge in [0.1, 0.15) is 0 Å². The van der Waals surface area contributed by atoms with Crippen molar-refractivity contribution in [3.8, 4) is 84.7 Å². The van der Waals surface area contributed by atoms with Crippen LogP contribution in [-0.2, 0) is 0 Å². The van der Waals surface area contributed by atoms with Gasteiger partial charge >= 0.3 is 0 Å². The van der Waals surface area contributed by atoms with E-state index in [-0.39, 0.29) is 0 Å². The summed E-state index contributed by atoms with van der Waals surface area (Å²) in [6.07, 6.45) is 0. The number of nitriles is 1. The van der Waals surface area contributed by atoms with E-state index in [9.17, 15) is 5.26 Å². The maximum absolute atomic E-state index is 10.2. The van der Waals surface area contributed by atoms with E-state index < -0.39 is 0 Å². The van der Waals surface area contributed by atoms with Crippen molar-refractivity contribution >= 4 is 0 Å². The van der Waals surface area contributed by atoms with Gasteiger partial charge in [-0.05, 0) is 87.0 Å². The summed E-state index contributed by atoms with van der Waals surface area (Å²) in [5.74, 6) is 1.81. The highest BCUT2D eigenvalue weighted by Gasteiger charge is 2.14. The van der Waals surface area contributed by atoms with Crippen molar-refractivity contribution in [2.45, 2.75) is 0 Å². The first kappa shape index (κ1) is 30.4. The summed E-state index contributed by atoms with van der Waals surface area (Å²) in [5, 5.41) is 10.2. The van der Waals surface area contributed by atoms with E-state index in [4.69, 9.17) is 15.0 Å². The van der Waals surface area contributed by atoms with Crippen molar-refractivity contribution in [2.24, 2.45) is 0 Å². The summed E-state index contributed by atoms with van der Waals surface area (Å²) < 4.78 is 0. The molecule has 4 heteroatoms. The second kappa shape index (κ2) is 13.6. The second-order valence-corrected chi connectivity index (χ2v) is 12.1. The molecule has 234 valence electrons. The molecule has 0 aliphatic rings. The Labute approximate surface area is 291 Å². The van der Waals surface area contributed by atoms with E-state index in [1.165, 1.54) is 0 Å². The van der Waals surface area contributed by atoms with Crippen molar-refractivity contribution in [2.75, 3.05) is 0 Å². The van der Waals surface area contributed by atoms with Crippen LogP contribution in [0.25, 0.3) is 78.7 Å². The van der Waals surface area contributed by atoms with E-state index >= 15 is 0 Å². The fourth-order valence-electron chi connectivity index (χ4n) is 6.19. The second-order valence-electron chi connectivity index (χ2n) is 12.1. The molecule has 0 amide bonds. The largest absolute Gasteiger partial charge is 0.208 e. The summed E-state index contributed by atoms with van der Waals surface area (Å²) in [4.78, 5) is 14.7. The number of aromatic nitrogens is 3. The molecule has 1 heterocycles. The molecule has 1 aromatic heterocycles. The minimum atomic E-state index is 0.583. The van der Waals surface area contributed by atoms with Gasteiger partial charge in [-0.2, -0.15) is 5.26 Å². The Kier molecular flexibility index (Phi) is 8.29. The van der Waals surface area contributed by atoms with Crippen LogP contribution in [0, 0.1) is 11.3 Å². The van der Waals surface area contributed by atoms with Gasteiger partial charge in [0.05, 0.1) is 11.6 Å². The summed E-state index contributed by atoms with van der Waals surface area (Å²) in [6.45, 7) is 0. The number of hydrogen-bond acceptors (Lipinski definition) is 4. The van der Waals surface area contributed by atoms with Crippen molar-refractivity contribution < 1.29 is 0 Å². The summed E-state index contributed by atoms with van der Waals surface area (Å²) in [7, 11) is 0. The van der Waals surface area contributed by atoms with Gasteiger partial charge in [-0.25, -0.2) is 15.0 Å². The highest BCUT2D eigenvalue weighted by atomic mass is 15.0. The van der Waals surface area contributed by atoms with Crippen molar-refractivity contribution in [3.05, 3.63) is 188 Å². The van der Waals surface area contributed by atoms with Crippen LogP contribution < -0.4 is 0 Å². The molecule has 0 saturated carbocycles. The van der Waals surface area contributed by atoms with Gasteiger partial charge in [-0.15, -0.1) is 0 Å². The summed E-state index contributed by atoms with van der Waals surface area (Å²) in [6, 6.07) is 64.1. The molecule has 0 spiro atoms. The highest BCUT2D eigenvalue weighted by molar-refractivity contribution is 5.84. The molecule has 0 saturated heterocycles. The number of rotatable bonds is 7. The molecule has 0 bridgehead atoms. The van der Waals surface area contributed by atoms with Crippen LogP contribution in [0.2, 0.25) is 0 Å². The zero-order valence-electron chi connectivity index (χ0n) is 27.1. The van der Waals surface area contributed by atoms with Crippen LogP contribution in [0.4, 0.5) is 0 Å². The monoisotopic (exact) mass is 638 g/mol. The fourth-order valence-corrected chi connectivity index (χ4v) is 6.19. The van der Waals surface area contributed by atoms with Gasteiger partial charge in [0.2, 0.25) is 0 Å². The topological polar surface area (TPSA) is 62.5 Å². The van der Waals surface area contributed by atoms with Gasteiger partial charge in [-0.3, -0.25) is 0 Å². The number of hydrogen-bond donors (Lipinski definition) is 0. The lowest BCUT2D eigenvalue weighted by Gasteiger charge is -2.13. The van der Waals surface area contributed by atoms with Gasteiger partial charge in [0.25, 0.3) is 0 Å². The Bertz CT molecular complexity index is 2350. The minimum absolute atomic E-state index is 0.583. The lowest BCUT2D eigenvalue weighted by Crippen LogP contribution is -2.00. The van der Waals surface area contributed by atoms with E-state index in [1.54, 1.807) is 0 Å². The van der Waals surface area contributed by atoms with Crippen LogP contribution in [0.15, 0.2) is 182 Å². The molecule has 0 aliphatic heterocycles. The van der Waals surface area contributed by atoms with E-state index in [0.717, 1.165) is 61.2 Å². The molecule has 50 heavy (non-hydrogen) atoms. The van der Waals surface area contributed by atoms with Crippen LogP contribution in [0.1, 0.15) is 5.56 Å². The average molecular weight is 639 g/mol. The SMILES string of the molecule is N#Cc1cc(-c2cc(-c3ccccc3)cc(-c3ccccc3)c2)cc(-c2cccc(-c3nc(-c4ccccc4)nc(-c4ccccc4)n3)c2)c1. The Morgan fingerprint density at radius 3 is 1.02 bits per heavy atom. The molecular weight excluding hydrogens is 609 g/mol. The average Bonchev–Trinajstić information content (AvgIpc) is 3.21. The Morgan fingerprint density at radius 2 is 0.580 bits per heavy atom. The fraction of sp³-hybridized carbons (Fsp3) is 0. The van der Waals surface area contributed by atoms with E-state index in [1.807, 2.05) is 97.1 Å². The molecule has 0 atom stereocenters. The Hall–Kier alpha value is -6.96. The van der Waals surface area contributed by atoms with Gasteiger partial charge in [0.15, 0.2) is 17.5 Å². The summed E-state index contributed by atoms with van der Waals surface area (Å²) in [5.41, 5.74) is 11.7. The first-order valence-electron chi connectivity index (χ1n) is 16.5. The third-order valence-electron chi connectivity index (χ3n) is 8.70. The maximum Gasteiger partial charge on any atom is 0.164 e. The molecule has 0 unspecified atom stereocenters. The lowest BCUT2D eigenvalue weighted by atomic mass is 9.91. The third kappa shape index (κ3) is 6.44. The Balaban J connectivity index is 1.25.